The van der Waals surface area contributed by atoms with E-state index in [0.29, 0.717) is 0 Å². The van der Waals surface area contributed by atoms with Crippen molar-refractivity contribution in [3.8, 4) is 0 Å². The number of fused-ring (bicyclic) bond motifs is 1. The summed E-state index contributed by atoms with van der Waals surface area (Å²) in [5.41, 5.74) is 3.48. The molecule has 20 heavy (non-hydrogen) atoms. The van der Waals surface area contributed by atoms with Gasteiger partial charge in [0.15, 0.2) is 0 Å². The molecule has 0 bridgehead atoms. The van der Waals surface area contributed by atoms with Crippen LogP contribution in [0.2, 0.25) is 0 Å². The molecular weight excluding hydrogens is 249 g/mol. The maximum absolute atomic E-state index is 13.5. The zero-order valence-corrected chi connectivity index (χ0v) is 11.8. The van der Waals surface area contributed by atoms with E-state index in [-0.39, 0.29) is 11.9 Å². The number of halogens is 1. The minimum absolute atomic E-state index is 0.172. The number of aromatic nitrogens is 1. The van der Waals surface area contributed by atoms with Gasteiger partial charge in [-0.25, -0.2) is 4.39 Å². The van der Waals surface area contributed by atoms with E-state index in [4.69, 9.17) is 0 Å². The molecule has 0 N–H and O–H groups in total. The first-order chi connectivity index (χ1) is 9.69. The summed E-state index contributed by atoms with van der Waals surface area (Å²) in [5, 5.41) is 1.24. The molecule has 0 spiro atoms. The molecule has 0 aliphatic heterocycles. The Morgan fingerprint density at radius 3 is 2.70 bits per heavy atom. The van der Waals surface area contributed by atoms with Crippen LogP contribution in [0.3, 0.4) is 0 Å². The third kappa shape index (κ3) is 2.22. The first-order valence-electron chi connectivity index (χ1n) is 7.01. The Hall–Kier alpha value is -2.09. The van der Waals surface area contributed by atoms with Crippen LogP contribution >= 0.6 is 0 Å². The molecule has 0 fully saturated rings. The molecule has 0 amide bonds. The quantitative estimate of drug-likeness (QED) is 0.623. The van der Waals surface area contributed by atoms with Gasteiger partial charge in [-0.15, -0.1) is 0 Å². The third-order valence-electron chi connectivity index (χ3n) is 3.83. The van der Waals surface area contributed by atoms with Gasteiger partial charge in [0, 0.05) is 11.7 Å². The predicted molar refractivity (Wildman–Crippen MR) is 81.5 cm³/mol. The summed E-state index contributed by atoms with van der Waals surface area (Å²) in [6.45, 7) is 4.23. The van der Waals surface area contributed by atoms with Crippen molar-refractivity contribution in [1.82, 2.24) is 4.57 Å². The van der Waals surface area contributed by atoms with Crippen molar-refractivity contribution in [1.29, 1.82) is 0 Å². The highest BCUT2D eigenvalue weighted by atomic mass is 19.1. The van der Waals surface area contributed by atoms with E-state index in [0.717, 1.165) is 12.0 Å². The van der Waals surface area contributed by atoms with E-state index in [9.17, 15) is 4.39 Å². The van der Waals surface area contributed by atoms with Crippen molar-refractivity contribution < 1.29 is 4.39 Å². The van der Waals surface area contributed by atoms with Crippen LogP contribution in [0.4, 0.5) is 4.39 Å². The van der Waals surface area contributed by atoms with Crippen LogP contribution in [0.25, 0.3) is 10.9 Å². The zero-order chi connectivity index (χ0) is 14.1. The lowest BCUT2D eigenvalue weighted by molar-refractivity contribution is 0.572. The summed E-state index contributed by atoms with van der Waals surface area (Å²) < 4.78 is 15.7. The molecule has 3 aromatic rings. The maximum Gasteiger partial charge on any atom is 0.123 e. The fourth-order valence-electron chi connectivity index (χ4n) is 2.86. The van der Waals surface area contributed by atoms with Crippen LogP contribution in [-0.2, 0) is 0 Å². The monoisotopic (exact) mass is 267 g/mol. The standard InChI is InChI=1S/C18H18FN/c1-3-17(14-5-4-6-16(19)12-14)20-10-9-15-11-13(2)7-8-18(15)20/h4-12,17H,3H2,1-2H3. The molecule has 1 unspecified atom stereocenters. The maximum atomic E-state index is 13.5. The Morgan fingerprint density at radius 1 is 1.10 bits per heavy atom. The van der Waals surface area contributed by atoms with Crippen LogP contribution in [0.15, 0.2) is 54.7 Å². The van der Waals surface area contributed by atoms with Gasteiger partial charge in [0.05, 0.1) is 6.04 Å². The molecule has 2 heteroatoms. The van der Waals surface area contributed by atoms with Crippen LogP contribution in [0.1, 0.15) is 30.5 Å². The number of aryl methyl sites for hydroxylation is 1. The average molecular weight is 267 g/mol. The van der Waals surface area contributed by atoms with Crippen molar-refractivity contribution in [2.75, 3.05) is 0 Å². The average Bonchev–Trinajstić information content (AvgIpc) is 2.83. The van der Waals surface area contributed by atoms with Gasteiger partial charge in [0.2, 0.25) is 0 Å². The predicted octanol–water partition coefficient (Wildman–Crippen LogP) is 5.09. The molecule has 3 rings (SSSR count). The molecule has 1 aromatic heterocycles. The number of hydrogen-bond acceptors (Lipinski definition) is 0. The molecular formula is C18H18FN. The first kappa shape index (κ1) is 12.9. The van der Waals surface area contributed by atoms with E-state index in [2.05, 4.69) is 48.9 Å². The lowest BCUT2D eigenvalue weighted by atomic mass is 10.0. The lowest BCUT2D eigenvalue weighted by Gasteiger charge is -2.19. The van der Waals surface area contributed by atoms with Crippen molar-refractivity contribution >= 4 is 10.9 Å². The molecule has 0 aliphatic rings. The van der Waals surface area contributed by atoms with E-state index in [1.165, 1.54) is 22.5 Å². The normalized spacial score (nSPS) is 12.8. The van der Waals surface area contributed by atoms with E-state index in [1.807, 2.05) is 6.07 Å². The summed E-state index contributed by atoms with van der Waals surface area (Å²) in [7, 11) is 0. The molecule has 2 aromatic carbocycles. The topological polar surface area (TPSA) is 4.93 Å². The van der Waals surface area contributed by atoms with Crippen molar-refractivity contribution in [3.63, 3.8) is 0 Å². The highest BCUT2D eigenvalue weighted by Crippen LogP contribution is 2.28. The number of rotatable bonds is 3. The van der Waals surface area contributed by atoms with Crippen molar-refractivity contribution in [3.05, 3.63) is 71.7 Å². The smallest absolute Gasteiger partial charge is 0.123 e. The highest BCUT2D eigenvalue weighted by Gasteiger charge is 2.14. The zero-order valence-electron chi connectivity index (χ0n) is 11.8. The minimum Gasteiger partial charge on any atom is -0.340 e. The Bertz CT molecular complexity index is 742. The van der Waals surface area contributed by atoms with Crippen molar-refractivity contribution in [2.24, 2.45) is 0 Å². The Kier molecular flexibility index (Phi) is 3.31. The fourth-order valence-corrected chi connectivity index (χ4v) is 2.86. The highest BCUT2D eigenvalue weighted by molar-refractivity contribution is 5.81. The lowest BCUT2D eigenvalue weighted by Crippen LogP contribution is -2.08. The summed E-state index contributed by atoms with van der Waals surface area (Å²) >= 11 is 0. The summed E-state index contributed by atoms with van der Waals surface area (Å²) in [5.74, 6) is -0.173. The molecule has 0 aliphatic carbocycles. The summed E-state index contributed by atoms with van der Waals surface area (Å²) in [6.07, 6.45) is 3.03. The molecule has 1 atom stereocenters. The molecule has 1 heterocycles. The van der Waals surface area contributed by atoms with Crippen LogP contribution in [0.5, 0.6) is 0 Å². The van der Waals surface area contributed by atoms with Gasteiger partial charge >= 0.3 is 0 Å². The first-order valence-corrected chi connectivity index (χ1v) is 7.01. The van der Waals surface area contributed by atoms with Crippen LogP contribution < -0.4 is 0 Å². The second-order valence-electron chi connectivity index (χ2n) is 5.26. The van der Waals surface area contributed by atoms with Gasteiger partial charge < -0.3 is 4.57 Å². The van der Waals surface area contributed by atoms with Gasteiger partial charge in [-0.3, -0.25) is 0 Å². The van der Waals surface area contributed by atoms with Gasteiger partial charge in [-0.2, -0.15) is 0 Å². The van der Waals surface area contributed by atoms with E-state index >= 15 is 0 Å². The molecule has 0 saturated heterocycles. The Morgan fingerprint density at radius 2 is 1.95 bits per heavy atom. The van der Waals surface area contributed by atoms with Gasteiger partial charge in [-0.05, 0) is 54.6 Å². The second-order valence-corrected chi connectivity index (χ2v) is 5.26. The summed E-state index contributed by atoms with van der Waals surface area (Å²) in [6, 6.07) is 15.7. The summed E-state index contributed by atoms with van der Waals surface area (Å²) in [4.78, 5) is 0. The fraction of sp³-hybridized carbons (Fsp3) is 0.222. The second kappa shape index (κ2) is 5.12. The van der Waals surface area contributed by atoms with Gasteiger partial charge in [0.25, 0.3) is 0 Å². The largest absolute Gasteiger partial charge is 0.340 e. The third-order valence-corrected chi connectivity index (χ3v) is 3.83. The van der Waals surface area contributed by atoms with Crippen molar-refractivity contribution in [2.45, 2.75) is 26.3 Å². The molecule has 1 nitrogen and oxygen atoms in total. The molecule has 0 saturated carbocycles. The number of hydrogen-bond donors (Lipinski definition) is 0. The van der Waals surface area contributed by atoms with Gasteiger partial charge in [-0.1, -0.05) is 30.7 Å². The van der Waals surface area contributed by atoms with E-state index < -0.39 is 0 Å². The van der Waals surface area contributed by atoms with Crippen LogP contribution in [-0.4, -0.2) is 4.57 Å². The number of benzene rings is 2. The molecule has 102 valence electrons. The SMILES string of the molecule is CCC(c1cccc(F)c1)n1ccc2cc(C)ccc21. The Balaban J connectivity index is 2.12. The minimum atomic E-state index is -0.173. The molecule has 0 radical (unpaired) electrons. The van der Waals surface area contributed by atoms with Crippen LogP contribution in [0, 0.1) is 12.7 Å². The van der Waals surface area contributed by atoms with Gasteiger partial charge in [0.1, 0.15) is 5.82 Å². The Labute approximate surface area is 118 Å². The number of nitrogens with zero attached hydrogens (tertiary/aromatic N) is 1. The van der Waals surface area contributed by atoms with E-state index in [1.54, 1.807) is 12.1 Å².